The summed E-state index contributed by atoms with van der Waals surface area (Å²) in [4.78, 5) is 0. The Bertz CT molecular complexity index is 417. The summed E-state index contributed by atoms with van der Waals surface area (Å²) in [5, 5.41) is 0.699. The molecule has 1 aromatic rings. The summed E-state index contributed by atoms with van der Waals surface area (Å²) < 4.78 is 11.5. The summed E-state index contributed by atoms with van der Waals surface area (Å²) in [6.45, 7) is 1.08. The van der Waals surface area contributed by atoms with Gasteiger partial charge < -0.3 is 15.2 Å². The lowest BCUT2D eigenvalue weighted by molar-refractivity contribution is -0.0738. The second kappa shape index (κ2) is 6.60. The van der Waals surface area contributed by atoms with E-state index >= 15 is 0 Å². The lowest BCUT2D eigenvalue weighted by atomic mass is 9.84. The van der Waals surface area contributed by atoms with Crippen molar-refractivity contribution in [1.82, 2.24) is 0 Å². The second-order valence-corrected chi connectivity index (χ2v) is 5.63. The van der Waals surface area contributed by atoms with Gasteiger partial charge in [0.15, 0.2) is 0 Å². The van der Waals surface area contributed by atoms with Crippen LogP contribution in [0.3, 0.4) is 0 Å². The highest BCUT2D eigenvalue weighted by Gasteiger charge is 2.31. The fraction of sp³-hybridized carbons (Fsp3) is 0.600. The number of methoxy groups -OCH3 is 1. The van der Waals surface area contributed by atoms with Gasteiger partial charge in [0.1, 0.15) is 5.75 Å². The van der Waals surface area contributed by atoms with Gasteiger partial charge in [0, 0.05) is 17.1 Å². The molecule has 3 nitrogen and oxygen atoms in total. The van der Waals surface area contributed by atoms with Crippen molar-refractivity contribution in [1.29, 1.82) is 0 Å². The Labute approximate surface area is 120 Å². The van der Waals surface area contributed by atoms with E-state index in [-0.39, 0.29) is 5.60 Å². The smallest absolute Gasteiger partial charge is 0.124 e. The van der Waals surface area contributed by atoms with Crippen molar-refractivity contribution in [3.05, 3.63) is 28.8 Å². The molecule has 0 bridgehead atoms. The van der Waals surface area contributed by atoms with E-state index in [2.05, 4.69) is 0 Å². The van der Waals surface area contributed by atoms with Crippen LogP contribution in [0.2, 0.25) is 5.02 Å². The fourth-order valence-electron chi connectivity index (χ4n) is 2.69. The maximum atomic E-state index is 6.14. The number of halogens is 1. The van der Waals surface area contributed by atoms with E-state index in [0.29, 0.717) is 18.2 Å². The number of hydrogen-bond donors (Lipinski definition) is 1. The number of hydrogen-bond acceptors (Lipinski definition) is 3. The van der Waals surface area contributed by atoms with Crippen molar-refractivity contribution in [2.45, 2.75) is 44.3 Å². The molecular weight excluding hydrogens is 262 g/mol. The molecular formula is C15H22ClNO2. The molecule has 0 spiro atoms. The molecule has 0 atom stereocenters. The molecule has 1 fully saturated rings. The van der Waals surface area contributed by atoms with Gasteiger partial charge in [-0.2, -0.15) is 0 Å². The molecule has 1 aromatic carbocycles. The number of nitrogens with two attached hydrogens (primary N) is 1. The van der Waals surface area contributed by atoms with Crippen LogP contribution in [-0.4, -0.2) is 19.3 Å². The fourth-order valence-corrected chi connectivity index (χ4v) is 2.89. The summed E-state index contributed by atoms with van der Waals surface area (Å²) in [5.41, 5.74) is 6.74. The molecule has 0 radical (unpaired) electrons. The Morgan fingerprint density at radius 3 is 2.63 bits per heavy atom. The predicted octanol–water partition coefficient (Wildman–Crippen LogP) is 3.53. The van der Waals surface area contributed by atoms with Gasteiger partial charge in [0.05, 0.1) is 19.3 Å². The minimum atomic E-state index is -0.161. The first-order chi connectivity index (χ1) is 9.19. The molecule has 4 heteroatoms. The Balaban J connectivity index is 2.06. The Morgan fingerprint density at radius 2 is 2.00 bits per heavy atom. The first-order valence-electron chi connectivity index (χ1n) is 6.85. The highest BCUT2D eigenvalue weighted by Crippen LogP contribution is 2.33. The van der Waals surface area contributed by atoms with Crippen molar-refractivity contribution < 1.29 is 9.47 Å². The van der Waals surface area contributed by atoms with E-state index in [0.717, 1.165) is 24.2 Å². The maximum Gasteiger partial charge on any atom is 0.124 e. The van der Waals surface area contributed by atoms with Crippen LogP contribution in [0, 0.1) is 0 Å². The third-order valence-corrected chi connectivity index (χ3v) is 4.15. The van der Waals surface area contributed by atoms with Crippen LogP contribution in [0.1, 0.15) is 37.7 Å². The maximum absolute atomic E-state index is 6.14. The zero-order valence-electron chi connectivity index (χ0n) is 11.5. The summed E-state index contributed by atoms with van der Waals surface area (Å²) in [6.07, 6.45) is 5.78. The monoisotopic (exact) mass is 283 g/mol. The molecule has 106 valence electrons. The highest BCUT2D eigenvalue weighted by atomic mass is 35.5. The van der Waals surface area contributed by atoms with Crippen LogP contribution < -0.4 is 10.5 Å². The zero-order valence-corrected chi connectivity index (χ0v) is 12.2. The molecule has 0 heterocycles. The minimum Gasteiger partial charge on any atom is -0.496 e. The second-order valence-electron chi connectivity index (χ2n) is 5.19. The molecule has 1 saturated carbocycles. The van der Waals surface area contributed by atoms with E-state index in [1.54, 1.807) is 7.11 Å². The molecule has 2 N–H and O–H groups in total. The summed E-state index contributed by atoms with van der Waals surface area (Å²) in [7, 11) is 1.66. The summed E-state index contributed by atoms with van der Waals surface area (Å²) >= 11 is 6.03. The molecule has 1 aliphatic rings. The van der Waals surface area contributed by atoms with Crippen LogP contribution in [-0.2, 0) is 11.3 Å². The van der Waals surface area contributed by atoms with Gasteiger partial charge in [-0.1, -0.05) is 30.9 Å². The van der Waals surface area contributed by atoms with Gasteiger partial charge in [0.2, 0.25) is 0 Å². The predicted molar refractivity (Wildman–Crippen MR) is 77.7 cm³/mol. The van der Waals surface area contributed by atoms with Gasteiger partial charge in [-0.25, -0.2) is 0 Å². The third-order valence-electron chi connectivity index (χ3n) is 3.91. The van der Waals surface area contributed by atoms with E-state index in [9.17, 15) is 0 Å². The Morgan fingerprint density at radius 1 is 1.26 bits per heavy atom. The van der Waals surface area contributed by atoms with E-state index in [1.807, 2.05) is 18.2 Å². The lowest BCUT2D eigenvalue weighted by Crippen LogP contribution is -2.42. The number of benzene rings is 1. The van der Waals surface area contributed by atoms with Crippen LogP contribution in [0.25, 0.3) is 0 Å². The van der Waals surface area contributed by atoms with Crippen molar-refractivity contribution >= 4 is 11.6 Å². The topological polar surface area (TPSA) is 44.5 Å². The van der Waals surface area contributed by atoms with E-state index in [4.69, 9.17) is 26.8 Å². The standard InChI is InChI=1S/C15H22ClNO2/c1-18-14-6-5-13(16)9-12(14)10-19-15(11-17)7-3-2-4-8-15/h5-6,9H,2-4,7-8,10-11,17H2,1H3. The average Bonchev–Trinajstić information content (AvgIpc) is 2.46. The Kier molecular flexibility index (Phi) is 5.08. The summed E-state index contributed by atoms with van der Waals surface area (Å²) in [6, 6.07) is 5.59. The highest BCUT2D eigenvalue weighted by molar-refractivity contribution is 6.30. The lowest BCUT2D eigenvalue weighted by Gasteiger charge is -2.36. The summed E-state index contributed by atoms with van der Waals surface area (Å²) in [5.74, 6) is 0.812. The molecule has 2 rings (SSSR count). The minimum absolute atomic E-state index is 0.161. The average molecular weight is 284 g/mol. The largest absolute Gasteiger partial charge is 0.496 e. The molecule has 0 aromatic heterocycles. The van der Waals surface area contributed by atoms with Crippen LogP contribution in [0.15, 0.2) is 18.2 Å². The first-order valence-corrected chi connectivity index (χ1v) is 7.23. The zero-order chi connectivity index (χ0) is 13.7. The van der Waals surface area contributed by atoms with Gasteiger partial charge in [-0.05, 0) is 31.0 Å². The number of ether oxygens (including phenoxy) is 2. The molecule has 0 amide bonds. The molecule has 0 saturated heterocycles. The van der Waals surface area contributed by atoms with Gasteiger partial charge in [-0.15, -0.1) is 0 Å². The molecule has 0 aliphatic heterocycles. The van der Waals surface area contributed by atoms with Crippen molar-refractivity contribution in [2.24, 2.45) is 5.73 Å². The quantitative estimate of drug-likeness (QED) is 0.899. The molecule has 19 heavy (non-hydrogen) atoms. The Hall–Kier alpha value is -0.770. The SMILES string of the molecule is COc1ccc(Cl)cc1COC1(CN)CCCCC1. The first kappa shape index (κ1) is 14.6. The van der Waals surface area contributed by atoms with Crippen LogP contribution >= 0.6 is 11.6 Å². The van der Waals surface area contributed by atoms with E-state index < -0.39 is 0 Å². The van der Waals surface area contributed by atoms with E-state index in [1.165, 1.54) is 19.3 Å². The van der Waals surface area contributed by atoms with Gasteiger partial charge >= 0.3 is 0 Å². The van der Waals surface area contributed by atoms with Crippen molar-refractivity contribution in [3.63, 3.8) is 0 Å². The van der Waals surface area contributed by atoms with Crippen LogP contribution in [0.5, 0.6) is 5.75 Å². The normalized spacial score (nSPS) is 18.3. The molecule has 0 unspecified atom stereocenters. The molecule has 1 aliphatic carbocycles. The van der Waals surface area contributed by atoms with Crippen molar-refractivity contribution in [3.8, 4) is 5.75 Å². The van der Waals surface area contributed by atoms with Gasteiger partial charge in [0.25, 0.3) is 0 Å². The third kappa shape index (κ3) is 3.62. The van der Waals surface area contributed by atoms with Gasteiger partial charge in [-0.3, -0.25) is 0 Å². The number of rotatable bonds is 5. The van der Waals surface area contributed by atoms with Crippen LogP contribution in [0.4, 0.5) is 0 Å². The van der Waals surface area contributed by atoms with Crippen molar-refractivity contribution in [2.75, 3.05) is 13.7 Å².